The van der Waals surface area contributed by atoms with Crippen molar-refractivity contribution in [1.29, 1.82) is 5.26 Å². The zero-order chi connectivity index (χ0) is 23.9. The molecule has 9 nitrogen and oxygen atoms in total. The number of anilines is 1. The third-order valence-corrected chi connectivity index (χ3v) is 5.20. The Morgan fingerprint density at radius 2 is 2.15 bits per heavy atom. The van der Waals surface area contributed by atoms with Crippen molar-refractivity contribution in [2.75, 3.05) is 12.8 Å². The highest BCUT2D eigenvalue weighted by molar-refractivity contribution is 5.95. The second-order valence-electron chi connectivity index (χ2n) is 7.45. The van der Waals surface area contributed by atoms with Gasteiger partial charge in [0.15, 0.2) is 11.5 Å². The number of nitrogens with zero attached hydrogens (tertiary/aromatic N) is 6. The van der Waals surface area contributed by atoms with Gasteiger partial charge in [0.1, 0.15) is 24.5 Å². The number of hydrogen-bond acceptors (Lipinski definition) is 7. The first-order valence-corrected chi connectivity index (χ1v) is 9.82. The number of rotatable bonds is 2. The Labute approximate surface area is 186 Å². The molecule has 0 radical (unpaired) electrons. The molecule has 1 aliphatic heterocycles. The molecule has 0 spiro atoms. The molecule has 1 atom stereocenters. The lowest BCUT2D eigenvalue weighted by Crippen LogP contribution is -2.30. The lowest BCUT2D eigenvalue weighted by Gasteiger charge is -2.24. The van der Waals surface area contributed by atoms with Crippen LogP contribution < -0.4 is 10.5 Å². The number of fused-ring (bicyclic) bond motifs is 5. The summed E-state index contributed by atoms with van der Waals surface area (Å²) in [7, 11) is 1.46. The van der Waals surface area contributed by atoms with Crippen LogP contribution in [0.25, 0.3) is 11.3 Å². The van der Waals surface area contributed by atoms with Gasteiger partial charge in [0.2, 0.25) is 0 Å². The third-order valence-electron chi connectivity index (χ3n) is 5.20. The number of nitrogens with two attached hydrogens (primary N) is 1. The minimum Gasteiger partial charge on any atom is -0.467 e. The highest BCUT2D eigenvalue weighted by Crippen LogP contribution is 2.33. The summed E-state index contributed by atoms with van der Waals surface area (Å²) in [6.45, 7) is 0.623. The quantitative estimate of drug-likeness (QED) is 0.628. The molecule has 0 aliphatic carbocycles. The smallest absolute Gasteiger partial charge is 0.258 e. The van der Waals surface area contributed by atoms with Crippen LogP contribution in [0.3, 0.4) is 0 Å². The maximum atomic E-state index is 14.0. The molecule has 0 unspecified atom stereocenters. The molecule has 1 aliphatic rings. The minimum absolute atomic E-state index is 0.0795. The Kier molecular flexibility index (Phi) is 5.63. The number of halogens is 3. The number of ether oxygens (including phenoxy) is 1. The number of nitriles is 1. The van der Waals surface area contributed by atoms with E-state index in [1.807, 2.05) is 6.07 Å². The van der Waals surface area contributed by atoms with Crippen LogP contribution in [0.4, 0.5) is 19.0 Å². The van der Waals surface area contributed by atoms with E-state index in [1.165, 1.54) is 30.3 Å². The van der Waals surface area contributed by atoms with Gasteiger partial charge in [0, 0.05) is 18.2 Å². The van der Waals surface area contributed by atoms with E-state index < -0.39 is 30.8 Å². The van der Waals surface area contributed by atoms with Gasteiger partial charge in [-0.3, -0.25) is 9.48 Å². The first-order chi connectivity index (χ1) is 15.7. The van der Waals surface area contributed by atoms with Gasteiger partial charge in [-0.15, -0.1) is 0 Å². The third kappa shape index (κ3) is 4.05. The van der Waals surface area contributed by atoms with E-state index >= 15 is 0 Å². The Morgan fingerprint density at radius 1 is 1.39 bits per heavy atom. The van der Waals surface area contributed by atoms with Gasteiger partial charge in [-0.1, -0.05) is 0 Å². The molecule has 170 valence electrons. The van der Waals surface area contributed by atoms with Crippen molar-refractivity contribution in [2.45, 2.75) is 32.5 Å². The molecule has 2 aromatic heterocycles. The zero-order valence-corrected chi connectivity index (χ0v) is 17.6. The largest absolute Gasteiger partial charge is 0.467 e. The average molecular weight is 457 g/mol. The molecular formula is C21H18F3N7O2. The summed E-state index contributed by atoms with van der Waals surface area (Å²) in [5.74, 6) is -1.27. The predicted molar refractivity (Wildman–Crippen MR) is 110 cm³/mol. The number of carbonyl (C=O) groups is 1. The standard InChI is InChI=1S/C21H18F3N7O2/c1-10-13-5-11(22)3-4-12(13)21(32)30(2)8-16-18(14(6-25)29-31(16)9-17(23)24)15-7-27-19(26)20(28-15)33-10/h3-5,7,10,17H,8-9H2,1-2H3,(H2,26,27)/t10-/m1/s1. The summed E-state index contributed by atoms with van der Waals surface area (Å²) in [6, 6.07) is 5.51. The normalized spacial score (nSPS) is 15.7. The van der Waals surface area contributed by atoms with Gasteiger partial charge >= 0.3 is 0 Å². The monoisotopic (exact) mass is 457 g/mol. The maximum Gasteiger partial charge on any atom is 0.258 e. The first-order valence-electron chi connectivity index (χ1n) is 9.82. The van der Waals surface area contributed by atoms with Crippen molar-refractivity contribution in [3.05, 3.63) is 52.7 Å². The number of amides is 1. The van der Waals surface area contributed by atoms with E-state index in [0.29, 0.717) is 0 Å². The number of carbonyl (C=O) groups excluding carboxylic acids is 1. The average Bonchev–Trinajstić information content (AvgIpc) is 3.10. The van der Waals surface area contributed by atoms with Crippen LogP contribution in [-0.4, -0.2) is 44.0 Å². The highest BCUT2D eigenvalue weighted by atomic mass is 19.3. The van der Waals surface area contributed by atoms with Crippen molar-refractivity contribution in [3.8, 4) is 23.2 Å². The summed E-state index contributed by atoms with van der Waals surface area (Å²) in [4.78, 5) is 22.9. The Morgan fingerprint density at radius 3 is 2.85 bits per heavy atom. The highest BCUT2D eigenvalue weighted by Gasteiger charge is 2.29. The van der Waals surface area contributed by atoms with Crippen LogP contribution in [0.1, 0.15) is 40.3 Å². The molecule has 33 heavy (non-hydrogen) atoms. The number of benzene rings is 1. The number of aromatic nitrogens is 4. The second kappa shape index (κ2) is 8.42. The van der Waals surface area contributed by atoms with Gasteiger partial charge in [-0.05, 0) is 25.1 Å². The summed E-state index contributed by atoms with van der Waals surface area (Å²) in [5, 5.41) is 13.6. The summed E-state index contributed by atoms with van der Waals surface area (Å²) < 4.78 is 47.3. The fourth-order valence-electron chi connectivity index (χ4n) is 3.67. The Balaban J connectivity index is 1.99. The van der Waals surface area contributed by atoms with E-state index in [2.05, 4.69) is 15.1 Å². The van der Waals surface area contributed by atoms with E-state index in [-0.39, 0.29) is 52.0 Å². The molecule has 3 heterocycles. The Hall–Kier alpha value is -4.14. The van der Waals surface area contributed by atoms with Crippen molar-refractivity contribution in [1.82, 2.24) is 24.6 Å². The van der Waals surface area contributed by atoms with Crippen LogP contribution in [0.15, 0.2) is 24.4 Å². The zero-order valence-electron chi connectivity index (χ0n) is 17.6. The molecule has 0 fully saturated rings. The summed E-state index contributed by atoms with van der Waals surface area (Å²) in [6.07, 6.45) is -2.33. The van der Waals surface area contributed by atoms with E-state index in [1.54, 1.807) is 6.92 Å². The Bertz CT molecular complexity index is 1290. The maximum absolute atomic E-state index is 14.0. The number of nitrogen functional groups attached to an aromatic ring is 1. The van der Waals surface area contributed by atoms with Crippen LogP contribution in [0, 0.1) is 17.1 Å². The lowest BCUT2D eigenvalue weighted by molar-refractivity contribution is 0.0772. The number of alkyl halides is 2. The van der Waals surface area contributed by atoms with Crippen LogP contribution >= 0.6 is 0 Å². The van der Waals surface area contributed by atoms with Crippen molar-refractivity contribution in [3.63, 3.8) is 0 Å². The fraction of sp³-hybridized carbons (Fsp3) is 0.286. The molecule has 0 saturated heterocycles. The molecule has 12 heteroatoms. The second-order valence-corrected chi connectivity index (χ2v) is 7.45. The van der Waals surface area contributed by atoms with Gasteiger partial charge in [0.05, 0.1) is 29.7 Å². The van der Waals surface area contributed by atoms with Gasteiger partial charge in [0.25, 0.3) is 18.2 Å². The molecule has 0 saturated carbocycles. The SMILES string of the molecule is C[C@H]1Oc2nc(cnc2N)-c2c(C#N)nn(CC(F)F)c2CN(C)C(=O)c2ccc(F)cc21. The molecular weight excluding hydrogens is 439 g/mol. The van der Waals surface area contributed by atoms with Gasteiger partial charge in [-0.2, -0.15) is 10.4 Å². The molecule has 1 amide bonds. The van der Waals surface area contributed by atoms with E-state index in [9.17, 15) is 23.2 Å². The van der Waals surface area contributed by atoms with Crippen LogP contribution in [0.5, 0.6) is 5.88 Å². The van der Waals surface area contributed by atoms with E-state index in [4.69, 9.17) is 10.5 Å². The number of hydrogen-bond donors (Lipinski definition) is 1. The van der Waals surface area contributed by atoms with Crippen molar-refractivity contribution < 1.29 is 22.7 Å². The molecule has 3 aromatic rings. The molecule has 2 bridgehead atoms. The first kappa shape index (κ1) is 22.1. The summed E-state index contributed by atoms with van der Waals surface area (Å²) >= 11 is 0. The topological polar surface area (TPSA) is 123 Å². The minimum atomic E-state index is -2.76. The predicted octanol–water partition coefficient (Wildman–Crippen LogP) is 2.92. The molecule has 2 N–H and O–H groups in total. The van der Waals surface area contributed by atoms with Gasteiger partial charge in [-0.25, -0.2) is 23.1 Å². The lowest BCUT2D eigenvalue weighted by atomic mass is 10.0. The van der Waals surface area contributed by atoms with Crippen LogP contribution in [0.2, 0.25) is 0 Å². The molecule has 4 rings (SSSR count). The van der Waals surface area contributed by atoms with Gasteiger partial charge < -0.3 is 15.4 Å². The van der Waals surface area contributed by atoms with Crippen LogP contribution in [-0.2, 0) is 13.1 Å². The van der Waals surface area contributed by atoms with E-state index in [0.717, 1.165) is 10.7 Å². The molecule has 1 aromatic carbocycles. The summed E-state index contributed by atoms with van der Waals surface area (Å²) in [5.41, 5.74) is 6.55. The van der Waals surface area contributed by atoms with Crippen molar-refractivity contribution >= 4 is 11.7 Å². The van der Waals surface area contributed by atoms with Crippen molar-refractivity contribution in [2.24, 2.45) is 0 Å². The fourth-order valence-corrected chi connectivity index (χ4v) is 3.67.